The molecule has 2 aromatic heterocycles. The molecule has 1 aliphatic heterocycles. The van der Waals surface area contributed by atoms with E-state index in [0.29, 0.717) is 12.5 Å². The van der Waals surface area contributed by atoms with Crippen LogP contribution in [0.15, 0.2) is 12.4 Å². The molecule has 1 aliphatic rings. The number of hydrogen-bond donors (Lipinski definition) is 1. The minimum Gasteiger partial charge on any atom is -0.331 e. The van der Waals surface area contributed by atoms with E-state index in [9.17, 15) is 4.79 Å². The Hall–Kier alpha value is -1.89. The topological polar surface area (TPSA) is 63.1 Å². The van der Waals surface area contributed by atoms with Crippen LogP contribution < -0.4 is 5.32 Å². The van der Waals surface area contributed by atoms with E-state index in [1.807, 2.05) is 35.9 Å². The number of rotatable bonds is 3. The number of likely N-dealkylation sites (tertiary alicyclic amines) is 1. The number of thiazole rings is 1. The maximum absolute atomic E-state index is 12.3. The molecule has 0 unspecified atom stereocenters. The van der Waals surface area contributed by atoms with Gasteiger partial charge >= 0.3 is 6.03 Å². The number of carbonyl (C=O) groups is 1. The van der Waals surface area contributed by atoms with Gasteiger partial charge in [0, 0.05) is 37.1 Å². The number of amides is 2. The molecule has 7 heteroatoms. The van der Waals surface area contributed by atoms with Crippen LogP contribution in [0.1, 0.15) is 33.5 Å². The van der Waals surface area contributed by atoms with Crippen LogP contribution in [0, 0.1) is 13.8 Å². The summed E-state index contributed by atoms with van der Waals surface area (Å²) in [4.78, 5) is 19.8. The molecule has 3 heterocycles. The second kappa shape index (κ2) is 6.08. The van der Waals surface area contributed by atoms with Crippen molar-refractivity contribution >= 4 is 17.4 Å². The summed E-state index contributed by atoms with van der Waals surface area (Å²) in [5.41, 5.74) is 2.26. The minimum absolute atomic E-state index is 0.00287. The molecule has 0 spiro atoms. The predicted octanol–water partition coefficient (Wildman–Crippen LogP) is 2.19. The SMILES string of the molecule is Cc1nc(CNC(=O)N2CC[C@H](c3cnn(C)c3)C2)sc1C. The third-order valence-corrected chi connectivity index (χ3v) is 5.21. The molecule has 1 atom stereocenters. The van der Waals surface area contributed by atoms with Crippen molar-refractivity contribution in [2.24, 2.45) is 7.05 Å². The lowest BCUT2D eigenvalue weighted by Crippen LogP contribution is -2.37. The average molecular weight is 319 g/mol. The monoisotopic (exact) mass is 319 g/mol. The number of nitrogens with one attached hydrogen (secondary N) is 1. The van der Waals surface area contributed by atoms with Crippen molar-refractivity contribution in [1.29, 1.82) is 0 Å². The molecular weight excluding hydrogens is 298 g/mol. The zero-order chi connectivity index (χ0) is 15.7. The number of aryl methyl sites for hydroxylation is 3. The summed E-state index contributed by atoms with van der Waals surface area (Å²) >= 11 is 1.64. The Morgan fingerprint density at radius 1 is 1.50 bits per heavy atom. The Balaban J connectivity index is 1.53. The first-order valence-electron chi connectivity index (χ1n) is 7.47. The second-order valence-electron chi connectivity index (χ2n) is 5.79. The summed E-state index contributed by atoms with van der Waals surface area (Å²) in [5.74, 6) is 0.392. The van der Waals surface area contributed by atoms with Crippen LogP contribution in [0.2, 0.25) is 0 Å². The predicted molar refractivity (Wildman–Crippen MR) is 86.0 cm³/mol. The van der Waals surface area contributed by atoms with Crippen molar-refractivity contribution in [2.75, 3.05) is 13.1 Å². The second-order valence-corrected chi connectivity index (χ2v) is 7.07. The van der Waals surface area contributed by atoms with Crippen LogP contribution in [0.5, 0.6) is 0 Å². The van der Waals surface area contributed by atoms with Crippen molar-refractivity contribution in [3.8, 4) is 0 Å². The normalized spacial score (nSPS) is 18.0. The third kappa shape index (κ3) is 3.14. The summed E-state index contributed by atoms with van der Waals surface area (Å²) in [6, 6.07) is -0.00287. The molecule has 1 saturated heterocycles. The average Bonchev–Trinajstić information content (AvgIpc) is 3.18. The Bertz CT molecular complexity index is 658. The first-order chi connectivity index (χ1) is 10.5. The van der Waals surface area contributed by atoms with Gasteiger partial charge in [0.2, 0.25) is 0 Å². The van der Waals surface area contributed by atoms with E-state index in [1.54, 1.807) is 11.3 Å². The highest BCUT2D eigenvalue weighted by atomic mass is 32.1. The highest BCUT2D eigenvalue weighted by Crippen LogP contribution is 2.26. The van der Waals surface area contributed by atoms with Crippen LogP contribution in [-0.2, 0) is 13.6 Å². The summed E-state index contributed by atoms with van der Waals surface area (Å²) in [6.45, 7) is 6.11. The summed E-state index contributed by atoms with van der Waals surface area (Å²) < 4.78 is 1.81. The van der Waals surface area contributed by atoms with E-state index in [4.69, 9.17) is 0 Å². The maximum Gasteiger partial charge on any atom is 0.317 e. The van der Waals surface area contributed by atoms with Gasteiger partial charge in [0.25, 0.3) is 0 Å². The van der Waals surface area contributed by atoms with Gasteiger partial charge in [0.05, 0.1) is 18.4 Å². The van der Waals surface area contributed by atoms with Crippen LogP contribution in [-0.4, -0.2) is 38.8 Å². The molecule has 118 valence electrons. The van der Waals surface area contributed by atoms with Crippen LogP contribution >= 0.6 is 11.3 Å². The fraction of sp³-hybridized carbons (Fsp3) is 0.533. The van der Waals surface area contributed by atoms with Crippen LogP contribution in [0.4, 0.5) is 4.79 Å². The zero-order valence-corrected chi connectivity index (χ0v) is 14.0. The zero-order valence-electron chi connectivity index (χ0n) is 13.2. The van der Waals surface area contributed by atoms with Gasteiger partial charge in [-0.15, -0.1) is 11.3 Å². The lowest BCUT2D eigenvalue weighted by Gasteiger charge is -2.16. The van der Waals surface area contributed by atoms with Crippen LogP contribution in [0.3, 0.4) is 0 Å². The first-order valence-corrected chi connectivity index (χ1v) is 8.29. The molecule has 0 radical (unpaired) electrons. The number of aromatic nitrogens is 3. The molecule has 0 aliphatic carbocycles. The quantitative estimate of drug-likeness (QED) is 0.943. The molecule has 1 fully saturated rings. The maximum atomic E-state index is 12.3. The molecule has 2 aromatic rings. The van der Waals surface area contributed by atoms with E-state index in [0.717, 1.165) is 30.2 Å². The van der Waals surface area contributed by atoms with Gasteiger partial charge in [0.15, 0.2) is 0 Å². The van der Waals surface area contributed by atoms with Gasteiger partial charge in [-0.1, -0.05) is 0 Å². The van der Waals surface area contributed by atoms with Crippen LogP contribution in [0.25, 0.3) is 0 Å². The molecule has 22 heavy (non-hydrogen) atoms. The number of urea groups is 1. The molecule has 3 rings (SSSR count). The van der Waals surface area contributed by atoms with E-state index >= 15 is 0 Å². The summed E-state index contributed by atoms with van der Waals surface area (Å²) in [5, 5.41) is 8.15. The van der Waals surface area contributed by atoms with Gasteiger partial charge in [-0.3, -0.25) is 4.68 Å². The highest BCUT2D eigenvalue weighted by Gasteiger charge is 2.28. The number of hydrogen-bond acceptors (Lipinski definition) is 4. The Kier molecular flexibility index (Phi) is 4.15. The molecular formula is C15H21N5OS. The van der Waals surface area contributed by atoms with Gasteiger partial charge < -0.3 is 10.2 Å². The van der Waals surface area contributed by atoms with Crippen molar-refractivity contribution < 1.29 is 4.79 Å². The third-order valence-electron chi connectivity index (χ3n) is 4.14. The summed E-state index contributed by atoms with van der Waals surface area (Å²) in [6.07, 6.45) is 4.93. The molecule has 0 bridgehead atoms. The fourth-order valence-corrected chi connectivity index (χ4v) is 3.62. The molecule has 0 aromatic carbocycles. The van der Waals surface area contributed by atoms with Gasteiger partial charge in [-0.05, 0) is 25.8 Å². The van der Waals surface area contributed by atoms with Crippen molar-refractivity contribution in [2.45, 2.75) is 32.7 Å². The summed E-state index contributed by atoms with van der Waals surface area (Å²) in [7, 11) is 1.92. The van der Waals surface area contributed by atoms with E-state index in [1.165, 1.54) is 10.4 Å². The number of carbonyl (C=O) groups excluding carboxylic acids is 1. The van der Waals surface area contributed by atoms with Crippen molar-refractivity contribution in [1.82, 2.24) is 25.0 Å². The Labute approximate surface area is 134 Å². The van der Waals surface area contributed by atoms with Gasteiger partial charge in [-0.25, -0.2) is 9.78 Å². The lowest BCUT2D eigenvalue weighted by molar-refractivity contribution is 0.208. The standard InChI is InChI=1S/C15H21N5OS/c1-10-11(2)22-14(18-10)7-16-15(21)20-5-4-12(9-20)13-6-17-19(3)8-13/h6,8,12H,4-5,7,9H2,1-3H3,(H,16,21)/t12-/m0/s1. The highest BCUT2D eigenvalue weighted by molar-refractivity contribution is 7.11. The molecule has 1 N–H and O–H groups in total. The van der Waals surface area contributed by atoms with Gasteiger partial charge in [-0.2, -0.15) is 5.10 Å². The largest absolute Gasteiger partial charge is 0.331 e. The fourth-order valence-electron chi connectivity index (χ4n) is 2.75. The number of nitrogens with zero attached hydrogens (tertiary/aromatic N) is 4. The smallest absolute Gasteiger partial charge is 0.317 e. The Morgan fingerprint density at radius 3 is 2.95 bits per heavy atom. The van der Waals surface area contributed by atoms with E-state index < -0.39 is 0 Å². The Morgan fingerprint density at radius 2 is 2.32 bits per heavy atom. The van der Waals surface area contributed by atoms with E-state index in [2.05, 4.69) is 22.3 Å². The van der Waals surface area contributed by atoms with Crippen molar-refractivity contribution in [3.05, 3.63) is 33.5 Å². The van der Waals surface area contributed by atoms with Crippen molar-refractivity contribution in [3.63, 3.8) is 0 Å². The lowest BCUT2D eigenvalue weighted by atomic mass is 10.0. The minimum atomic E-state index is -0.00287. The molecule has 6 nitrogen and oxygen atoms in total. The first kappa shape index (κ1) is 15.0. The molecule has 2 amide bonds. The molecule has 0 saturated carbocycles. The van der Waals surface area contributed by atoms with E-state index in [-0.39, 0.29) is 6.03 Å². The van der Waals surface area contributed by atoms with Gasteiger partial charge in [0.1, 0.15) is 5.01 Å².